The molecule has 0 fully saturated rings. The highest BCUT2D eigenvalue weighted by Gasteiger charge is 2.18. The first-order valence-electron chi connectivity index (χ1n) is 5.79. The molecule has 0 bridgehead atoms. The normalized spacial score (nSPS) is 12.3. The standard InChI is InChI=1S/C14H16N2O2/c1-16-8-7-11(10-16)9-15-13(14(17)18)12-5-3-2-4-6-12/h2-8,10,13,15H,9H2,1H3,(H,17,18). The molecule has 2 N–H and O–H groups in total. The van der Waals surface area contributed by atoms with E-state index in [1.165, 1.54) is 0 Å². The van der Waals surface area contributed by atoms with Gasteiger partial charge in [-0.2, -0.15) is 0 Å². The summed E-state index contributed by atoms with van der Waals surface area (Å²) < 4.78 is 1.94. The van der Waals surface area contributed by atoms with Crippen LogP contribution in [-0.4, -0.2) is 15.6 Å². The topological polar surface area (TPSA) is 54.3 Å². The Kier molecular flexibility index (Phi) is 3.79. The Morgan fingerprint density at radius 3 is 2.61 bits per heavy atom. The number of aliphatic carboxylic acids is 1. The minimum atomic E-state index is -0.864. The molecule has 1 aromatic heterocycles. The van der Waals surface area contributed by atoms with E-state index in [1.807, 2.05) is 60.4 Å². The molecule has 0 saturated carbocycles. The maximum absolute atomic E-state index is 11.3. The highest BCUT2D eigenvalue weighted by atomic mass is 16.4. The van der Waals surface area contributed by atoms with Gasteiger partial charge in [0, 0.05) is 26.0 Å². The van der Waals surface area contributed by atoms with Gasteiger partial charge < -0.3 is 9.67 Å². The summed E-state index contributed by atoms with van der Waals surface area (Å²) in [6.45, 7) is 0.534. The Bertz CT molecular complexity index is 520. The lowest BCUT2D eigenvalue weighted by Crippen LogP contribution is -2.27. The Morgan fingerprint density at radius 1 is 1.33 bits per heavy atom. The molecule has 2 rings (SSSR count). The van der Waals surface area contributed by atoms with Gasteiger partial charge >= 0.3 is 5.97 Å². The fourth-order valence-electron chi connectivity index (χ4n) is 1.88. The number of rotatable bonds is 5. The summed E-state index contributed by atoms with van der Waals surface area (Å²) >= 11 is 0. The number of carbonyl (C=O) groups is 1. The molecule has 1 heterocycles. The molecule has 0 amide bonds. The van der Waals surface area contributed by atoms with Gasteiger partial charge in [-0.1, -0.05) is 30.3 Å². The minimum Gasteiger partial charge on any atom is -0.480 e. The van der Waals surface area contributed by atoms with E-state index in [9.17, 15) is 9.90 Å². The van der Waals surface area contributed by atoms with Gasteiger partial charge in [0.1, 0.15) is 6.04 Å². The van der Waals surface area contributed by atoms with Crippen molar-refractivity contribution in [2.24, 2.45) is 7.05 Å². The zero-order valence-electron chi connectivity index (χ0n) is 10.2. The van der Waals surface area contributed by atoms with Crippen molar-refractivity contribution in [2.45, 2.75) is 12.6 Å². The van der Waals surface area contributed by atoms with E-state index < -0.39 is 12.0 Å². The molecule has 1 aromatic carbocycles. The molecule has 0 radical (unpaired) electrons. The molecule has 94 valence electrons. The van der Waals surface area contributed by atoms with Crippen molar-refractivity contribution in [1.29, 1.82) is 0 Å². The van der Waals surface area contributed by atoms with Crippen LogP contribution in [0.1, 0.15) is 17.2 Å². The van der Waals surface area contributed by atoms with Crippen LogP contribution in [0.3, 0.4) is 0 Å². The van der Waals surface area contributed by atoms with E-state index in [0.29, 0.717) is 6.54 Å². The quantitative estimate of drug-likeness (QED) is 0.845. The Hall–Kier alpha value is -2.07. The predicted octanol–water partition coefficient (Wildman–Crippen LogP) is 1.94. The molecule has 0 saturated heterocycles. The van der Waals surface area contributed by atoms with Crippen LogP contribution in [0.5, 0.6) is 0 Å². The summed E-state index contributed by atoms with van der Waals surface area (Å²) in [4.78, 5) is 11.3. The average molecular weight is 244 g/mol. The number of hydrogen-bond acceptors (Lipinski definition) is 2. The van der Waals surface area contributed by atoms with E-state index in [1.54, 1.807) is 0 Å². The van der Waals surface area contributed by atoms with Crippen LogP contribution in [0.15, 0.2) is 48.8 Å². The van der Waals surface area contributed by atoms with Gasteiger partial charge in [-0.15, -0.1) is 0 Å². The first-order chi connectivity index (χ1) is 8.66. The molecule has 2 aromatic rings. The maximum atomic E-state index is 11.3. The zero-order valence-corrected chi connectivity index (χ0v) is 10.2. The zero-order chi connectivity index (χ0) is 13.0. The van der Waals surface area contributed by atoms with Crippen LogP contribution in [-0.2, 0) is 18.4 Å². The van der Waals surface area contributed by atoms with Crippen molar-refractivity contribution in [3.8, 4) is 0 Å². The number of carboxylic acids is 1. The van der Waals surface area contributed by atoms with Crippen molar-refractivity contribution in [3.05, 3.63) is 59.9 Å². The van der Waals surface area contributed by atoms with Gasteiger partial charge in [-0.25, -0.2) is 0 Å². The molecule has 4 nitrogen and oxygen atoms in total. The molecular weight excluding hydrogens is 228 g/mol. The molecule has 0 aliphatic carbocycles. The fraction of sp³-hybridized carbons (Fsp3) is 0.214. The summed E-state index contributed by atoms with van der Waals surface area (Å²) in [5.41, 5.74) is 1.83. The number of nitrogens with zero attached hydrogens (tertiary/aromatic N) is 1. The number of benzene rings is 1. The van der Waals surface area contributed by atoms with Crippen LogP contribution in [0.25, 0.3) is 0 Å². The van der Waals surface area contributed by atoms with Gasteiger partial charge in [0.25, 0.3) is 0 Å². The second-order valence-electron chi connectivity index (χ2n) is 4.25. The predicted molar refractivity (Wildman–Crippen MR) is 69.1 cm³/mol. The molecule has 1 atom stereocenters. The van der Waals surface area contributed by atoms with Crippen LogP contribution < -0.4 is 5.32 Å². The second-order valence-corrected chi connectivity index (χ2v) is 4.25. The number of aryl methyl sites for hydroxylation is 1. The third-order valence-corrected chi connectivity index (χ3v) is 2.78. The van der Waals surface area contributed by atoms with Gasteiger partial charge in [0.15, 0.2) is 0 Å². The lowest BCUT2D eigenvalue weighted by molar-refractivity contribution is -0.139. The SMILES string of the molecule is Cn1ccc(CNC(C(=O)O)c2ccccc2)c1. The number of aromatic nitrogens is 1. The van der Waals surface area contributed by atoms with E-state index in [4.69, 9.17) is 0 Å². The molecule has 1 unspecified atom stereocenters. The third kappa shape index (κ3) is 2.99. The van der Waals surface area contributed by atoms with Crippen molar-refractivity contribution in [1.82, 2.24) is 9.88 Å². The molecule has 4 heteroatoms. The van der Waals surface area contributed by atoms with Crippen molar-refractivity contribution in [2.75, 3.05) is 0 Å². The summed E-state index contributed by atoms with van der Waals surface area (Å²) in [6, 6.07) is 10.5. The smallest absolute Gasteiger partial charge is 0.325 e. The third-order valence-electron chi connectivity index (χ3n) is 2.78. The van der Waals surface area contributed by atoms with Gasteiger partial charge in [-0.05, 0) is 17.2 Å². The second kappa shape index (κ2) is 5.51. The Morgan fingerprint density at radius 2 is 2.06 bits per heavy atom. The van der Waals surface area contributed by atoms with Crippen molar-refractivity contribution >= 4 is 5.97 Å². The van der Waals surface area contributed by atoms with Crippen LogP contribution in [0.4, 0.5) is 0 Å². The molecule has 0 spiro atoms. The molecule has 0 aliphatic rings. The van der Waals surface area contributed by atoms with Crippen LogP contribution >= 0.6 is 0 Å². The number of carboxylic acid groups (broad SMARTS) is 1. The van der Waals surface area contributed by atoms with Crippen molar-refractivity contribution in [3.63, 3.8) is 0 Å². The highest BCUT2D eigenvalue weighted by Crippen LogP contribution is 2.13. The largest absolute Gasteiger partial charge is 0.480 e. The van der Waals surface area contributed by atoms with E-state index in [-0.39, 0.29) is 0 Å². The Labute approximate surface area is 106 Å². The van der Waals surface area contributed by atoms with E-state index in [0.717, 1.165) is 11.1 Å². The first-order valence-corrected chi connectivity index (χ1v) is 5.79. The maximum Gasteiger partial charge on any atom is 0.325 e. The van der Waals surface area contributed by atoms with Gasteiger partial charge in [0.2, 0.25) is 0 Å². The van der Waals surface area contributed by atoms with Gasteiger partial charge in [0.05, 0.1) is 0 Å². The summed E-state index contributed by atoms with van der Waals surface area (Å²) in [7, 11) is 1.94. The minimum absolute atomic E-state index is 0.534. The monoisotopic (exact) mass is 244 g/mol. The molecular formula is C14H16N2O2. The summed E-state index contributed by atoms with van der Waals surface area (Å²) in [5, 5.41) is 12.3. The van der Waals surface area contributed by atoms with E-state index >= 15 is 0 Å². The lowest BCUT2D eigenvalue weighted by atomic mass is 10.1. The van der Waals surface area contributed by atoms with Crippen molar-refractivity contribution < 1.29 is 9.90 Å². The summed E-state index contributed by atoms with van der Waals surface area (Å²) in [5.74, 6) is -0.864. The van der Waals surface area contributed by atoms with E-state index in [2.05, 4.69) is 5.32 Å². The number of hydrogen-bond donors (Lipinski definition) is 2. The summed E-state index contributed by atoms with van der Waals surface area (Å²) in [6.07, 6.45) is 3.91. The molecule has 0 aliphatic heterocycles. The van der Waals surface area contributed by atoms with Crippen LogP contribution in [0, 0.1) is 0 Å². The highest BCUT2D eigenvalue weighted by molar-refractivity contribution is 5.75. The fourth-order valence-corrected chi connectivity index (χ4v) is 1.88. The molecule has 18 heavy (non-hydrogen) atoms. The lowest BCUT2D eigenvalue weighted by Gasteiger charge is -2.14. The first kappa shape index (κ1) is 12.4. The number of nitrogens with one attached hydrogen (secondary N) is 1. The van der Waals surface area contributed by atoms with Gasteiger partial charge in [-0.3, -0.25) is 10.1 Å². The van der Waals surface area contributed by atoms with Crippen LogP contribution in [0.2, 0.25) is 0 Å². The average Bonchev–Trinajstić information content (AvgIpc) is 2.76. The Balaban J connectivity index is 2.06.